The van der Waals surface area contributed by atoms with Crippen LogP contribution in [0.1, 0.15) is 33.6 Å². The van der Waals surface area contributed by atoms with E-state index in [0.29, 0.717) is 0 Å². The van der Waals surface area contributed by atoms with Gasteiger partial charge in [-0.15, -0.1) is 0 Å². The summed E-state index contributed by atoms with van der Waals surface area (Å²) >= 11 is 0. The molecule has 0 nitrogen and oxygen atoms in total. The van der Waals surface area contributed by atoms with E-state index in [1.165, 1.54) is 12.8 Å². The highest BCUT2D eigenvalue weighted by Crippen LogP contribution is 2.41. The first kappa shape index (κ1) is 6.12. The molecule has 0 radical (unpaired) electrons. The lowest BCUT2D eigenvalue weighted by atomic mass is 9.66. The van der Waals surface area contributed by atoms with Gasteiger partial charge >= 0.3 is 0 Å². The molecule has 48 valence electrons. The summed E-state index contributed by atoms with van der Waals surface area (Å²) in [6.45, 7) is 7.03. The van der Waals surface area contributed by atoms with E-state index >= 15 is 0 Å². The molecule has 0 heteroatoms. The molecular weight excluding hydrogens is 96.1 g/mol. The monoisotopic (exact) mass is 112 g/mol. The molecule has 1 rings (SSSR count). The van der Waals surface area contributed by atoms with Crippen LogP contribution in [0.3, 0.4) is 0 Å². The van der Waals surface area contributed by atoms with Crippen LogP contribution in [-0.4, -0.2) is 0 Å². The Hall–Kier alpha value is 0. The fourth-order valence-electron chi connectivity index (χ4n) is 1.71. The van der Waals surface area contributed by atoms with E-state index in [9.17, 15) is 0 Å². The van der Waals surface area contributed by atoms with Crippen LogP contribution in [0, 0.1) is 17.8 Å². The summed E-state index contributed by atoms with van der Waals surface area (Å²) in [5.74, 6) is 3.09. The van der Waals surface area contributed by atoms with Crippen LogP contribution in [0.15, 0.2) is 0 Å². The van der Waals surface area contributed by atoms with Crippen molar-refractivity contribution in [1.82, 2.24) is 0 Å². The largest absolute Gasteiger partial charge is 0.0651 e. The van der Waals surface area contributed by atoms with Gasteiger partial charge in [0.2, 0.25) is 0 Å². The first-order valence-corrected chi connectivity index (χ1v) is 3.75. The summed E-state index contributed by atoms with van der Waals surface area (Å²) in [6.07, 6.45) is 2.88. The molecule has 0 bridgehead atoms. The Morgan fingerprint density at radius 1 is 1.38 bits per heavy atom. The average Bonchev–Trinajstić information content (AvgIpc) is 1.81. The Labute approximate surface area is 52.3 Å². The van der Waals surface area contributed by atoms with Crippen molar-refractivity contribution in [2.75, 3.05) is 0 Å². The van der Waals surface area contributed by atoms with Crippen LogP contribution < -0.4 is 0 Å². The summed E-state index contributed by atoms with van der Waals surface area (Å²) in [7, 11) is 0. The van der Waals surface area contributed by atoms with E-state index in [0.717, 1.165) is 17.8 Å². The molecule has 0 heterocycles. The van der Waals surface area contributed by atoms with Gasteiger partial charge in [-0.3, -0.25) is 0 Å². The van der Waals surface area contributed by atoms with Crippen molar-refractivity contribution in [3.8, 4) is 0 Å². The summed E-state index contributed by atoms with van der Waals surface area (Å²) in [4.78, 5) is 0. The second-order valence-electron chi connectivity index (χ2n) is 3.24. The normalized spacial score (nSPS) is 46.1. The smallest absolute Gasteiger partial charge is 0.0386 e. The quantitative estimate of drug-likeness (QED) is 0.489. The van der Waals surface area contributed by atoms with E-state index in [-0.39, 0.29) is 0 Å². The molecule has 0 saturated heterocycles. The Bertz CT molecular complexity index is 76.1. The van der Waals surface area contributed by atoms with E-state index in [4.69, 9.17) is 0 Å². The third-order valence-electron chi connectivity index (χ3n) is 2.84. The van der Waals surface area contributed by atoms with E-state index in [1.807, 2.05) is 0 Å². The molecule has 0 N–H and O–H groups in total. The Morgan fingerprint density at radius 3 is 2.12 bits per heavy atom. The zero-order valence-corrected chi connectivity index (χ0v) is 6.15. The molecule has 0 aromatic heterocycles. The topological polar surface area (TPSA) is 0 Å². The molecule has 1 aliphatic carbocycles. The molecule has 2 unspecified atom stereocenters. The van der Waals surface area contributed by atoms with Gasteiger partial charge in [-0.25, -0.2) is 0 Å². The fourth-order valence-corrected chi connectivity index (χ4v) is 1.71. The minimum absolute atomic E-state index is 1.01. The maximum absolute atomic E-state index is 2.38. The lowest BCUT2D eigenvalue weighted by molar-refractivity contribution is 0.0998. The van der Waals surface area contributed by atoms with Gasteiger partial charge < -0.3 is 0 Å². The van der Waals surface area contributed by atoms with E-state index < -0.39 is 0 Å². The molecule has 0 aromatic rings. The first-order valence-electron chi connectivity index (χ1n) is 3.75. The lowest BCUT2D eigenvalue weighted by Gasteiger charge is -2.40. The Kier molecular flexibility index (Phi) is 1.59. The van der Waals surface area contributed by atoms with Gasteiger partial charge in [0.1, 0.15) is 0 Å². The zero-order chi connectivity index (χ0) is 6.15. The van der Waals surface area contributed by atoms with Gasteiger partial charge in [-0.1, -0.05) is 27.2 Å². The summed E-state index contributed by atoms with van der Waals surface area (Å²) in [5, 5.41) is 0. The van der Waals surface area contributed by atoms with Crippen molar-refractivity contribution < 1.29 is 0 Å². The molecule has 3 atom stereocenters. The molecule has 8 heavy (non-hydrogen) atoms. The number of hydrogen-bond acceptors (Lipinski definition) is 0. The second-order valence-corrected chi connectivity index (χ2v) is 3.24. The Morgan fingerprint density at radius 2 is 2.00 bits per heavy atom. The zero-order valence-electron chi connectivity index (χ0n) is 6.15. The molecular formula is C8H16. The lowest BCUT2D eigenvalue weighted by Crippen LogP contribution is -2.31. The SMILES string of the molecule is CCC1CC(C)[C@@H]1C. The fraction of sp³-hybridized carbons (Fsp3) is 1.00. The van der Waals surface area contributed by atoms with Crippen molar-refractivity contribution in [2.45, 2.75) is 33.6 Å². The van der Waals surface area contributed by atoms with Crippen LogP contribution in [0.4, 0.5) is 0 Å². The van der Waals surface area contributed by atoms with Crippen LogP contribution >= 0.6 is 0 Å². The van der Waals surface area contributed by atoms with Gasteiger partial charge in [-0.2, -0.15) is 0 Å². The van der Waals surface area contributed by atoms with Gasteiger partial charge in [0, 0.05) is 0 Å². The highest BCUT2D eigenvalue weighted by atomic mass is 14.4. The summed E-state index contributed by atoms with van der Waals surface area (Å²) in [5.41, 5.74) is 0. The van der Waals surface area contributed by atoms with Crippen LogP contribution in [0.2, 0.25) is 0 Å². The van der Waals surface area contributed by atoms with Crippen LogP contribution in [-0.2, 0) is 0 Å². The molecule has 1 aliphatic rings. The van der Waals surface area contributed by atoms with Gasteiger partial charge in [-0.05, 0) is 24.2 Å². The number of hydrogen-bond donors (Lipinski definition) is 0. The van der Waals surface area contributed by atoms with E-state index in [1.54, 1.807) is 0 Å². The van der Waals surface area contributed by atoms with Crippen molar-refractivity contribution in [3.63, 3.8) is 0 Å². The predicted molar refractivity (Wildman–Crippen MR) is 36.7 cm³/mol. The summed E-state index contributed by atoms with van der Waals surface area (Å²) in [6, 6.07) is 0. The minimum atomic E-state index is 1.01. The molecule has 0 amide bonds. The highest BCUT2D eigenvalue weighted by Gasteiger charge is 2.32. The maximum atomic E-state index is 2.38. The van der Waals surface area contributed by atoms with Gasteiger partial charge in [0.25, 0.3) is 0 Å². The minimum Gasteiger partial charge on any atom is -0.0651 e. The standard InChI is InChI=1S/C8H16/c1-4-8-5-6(2)7(8)3/h6-8H,4-5H2,1-3H3/t6?,7-,8?/m0/s1. The van der Waals surface area contributed by atoms with Crippen molar-refractivity contribution in [2.24, 2.45) is 17.8 Å². The molecule has 0 aromatic carbocycles. The highest BCUT2D eigenvalue weighted by molar-refractivity contribution is 4.82. The third-order valence-corrected chi connectivity index (χ3v) is 2.84. The average molecular weight is 112 g/mol. The second kappa shape index (κ2) is 2.08. The van der Waals surface area contributed by atoms with Crippen molar-refractivity contribution >= 4 is 0 Å². The number of rotatable bonds is 1. The predicted octanol–water partition coefficient (Wildman–Crippen LogP) is 2.69. The Balaban J connectivity index is 2.25. The molecule has 1 fully saturated rings. The van der Waals surface area contributed by atoms with Crippen LogP contribution in [0.25, 0.3) is 0 Å². The molecule has 0 aliphatic heterocycles. The first-order chi connectivity index (χ1) is 3.75. The van der Waals surface area contributed by atoms with Gasteiger partial charge in [0.05, 0.1) is 0 Å². The molecule has 1 saturated carbocycles. The van der Waals surface area contributed by atoms with Crippen LogP contribution in [0.5, 0.6) is 0 Å². The van der Waals surface area contributed by atoms with E-state index in [2.05, 4.69) is 20.8 Å². The third kappa shape index (κ3) is 0.765. The summed E-state index contributed by atoms with van der Waals surface area (Å²) < 4.78 is 0. The van der Waals surface area contributed by atoms with Gasteiger partial charge in [0.15, 0.2) is 0 Å². The molecule has 0 spiro atoms. The van der Waals surface area contributed by atoms with Crippen molar-refractivity contribution in [1.29, 1.82) is 0 Å². The van der Waals surface area contributed by atoms with Crippen molar-refractivity contribution in [3.05, 3.63) is 0 Å². The maximum Gasteiger partial charge on any atom is -0.0386 e.